The topological polar surface area (TPSA) is 72.3 Å². The summed E-state index contributed by atoms with van der Waals surface area (Å²) in [5.41, 5.74) is 2.42. The van der Waals surface area contributed by atoms with Crippen LogP contribution in [0.1, 0.15) is 25.5 Å². The number of anilines is 2. The molecular weight excluding hydrogens is 397 g/mol. The zero-order valence-electron chi connectivity index (χ0n) is 17.9. The lowest BCUT2D eigenvalue weighted by Crippen LogP contribution is -2.41. The maximum atomic E-state index is 14.2. The number of aromatic nitrogens is 3. The molecule has 1 saturated heterocycles. The van der Waals surface area contributed by atoms with Crippen LogP contribution in [0.25, 0.3) is 11.3 Å². The van der Waals surface area contributed by atoms with E-state index in [1.807, 2.05) is 29.2 Å². The third kappa shape index (κ3) is 4.59. The van der Waals surface area contributed by atoms with E-state index in [1.54, 1.807) is 7.05 Å². The Morgan fingerprint density at radius 1 is 1.23 bits per heavy atom. The second-order valence-electron chi connectivity index (χ2n) is 7.92. The molecule has 1 N–H and O–H groups in total. The van der Waals surface area contributed by atoms with Gasteiger partial charge in [0.2, 0.25) is 5.95 Å². The Balaban J connectivity index is 1.61. The molecule has 0 spiro atoms. The molecule has 1 aliphatic rings. The van der Waals surface area contributed by atoms with Gasteiger partial charge >= 0.3 is 0 Å². The van der Waals surface area contributed by atoms with E-state index in [0.717, 1.165) is 17.4 Å². The first-order valence-electron chi connectivity index (χ1n) is 10.3. The van der Waals surface area contributed by atoms with Gasteiger partial charge < -0.3 is 15.0 Å². The average Bonchev–Trinajstić information content (AvgIpc) is 2.76. The molecular formula is C23H26FN5O2. The van der Waals surface area contributed by atoms with Gasteiger partial charge in [-0.3, -0.25) is 14.3 Å². The van der Waals surface area contributed by atoms with Crippen molar-refractivity contribution in [3.8, 4) is 11.3 Å². The van der Waals surface area contributed by atoms with E-state index in [2.05, 4.69) is 29.1 Å². The first-order valence-corrected chi connectivity index (χ1v) is 10.3. The first kappa shape index (κ1) is 21.0. The van der Waals surface area contributed by atoms with Crippen molar-refractivity contribution in [1.82, 2.24) is 14.5 Å². The maximum absolute atomic E-state index is 14.2. The largest absolute Gasteiger partial charge is 0.383 e. The van der Waals surface area contributed by atoms with Gasteiger partial charge in [-0.25, -0.2) is 9.37 Å². The van der Waals surface area contributed by atoms with Crippen molar-refractivity contribution in [3.63, 3.8) is 0 Å². The van der Waals surface area contributed by atoms with Crippen LogP contribution in [0.2, 0.25) is 0 Å². The number of benzene rings is 1. The molecule has 8 heteroatoms. The highest BCUT2D eigenvalue weighted by atomic mass is 19.1. The summed E-state index contributed by atoms with van der Waals surface area (Å²) in [6.07, 6.45) is 2.45. The van der Waals surface area contributed by atoms with Crippen LogP contribution < -0.4 is 15.8 Å². The van der Waals surface area contributed by atoms with Crippen molar-refractivity contribution in [2.45, 2.75) is 26.0 Å². The number of ether oxygens (including phenoxy) is 1. The Morgan fingerprint density at radius 3 is 2.71 bits per heavy atom. The summed E-state index contributed by atoms with van der Waals surface area (Å²) in [6, 6.07) is 11.4. The van der Waals surface area contributed by atoms with E-state index in [4.69, 9.17) is 4.74 Å². The van der Waals surface area contributed by atoms with Crippen LogP contribution >= 0.6 is 0 Å². The molecule has 3 aromatic rings. The van der Waals surface area contributed by atoms with Crippen LogP contribution in [-0.4, -0.2) is 40.3 Å². The normalized spacial score (nSPS) is 16.5. The van der Waals surface area contributed by atoms with Gasteiger partial charge in [0.25, 0.3) is 5.56 Å². The fourth-order valence-electron chi connectivity index (χ4n) is 3.69. The number of pyridine rings is 1. The van der Waals surface area contributed by atoms with E-state index in [-0.39, 0.29) is 17.2 Å². The summed E-state index contributed by atoms with van der Waals surface area (Å²) in [5.74, 6) is -0.0192. The lowest BCUT2D eigenvalue weighted by Gasteiger charge is -2.34. The SMILES string of the molecule is CC(C)Nc1ccc([C@H]2CN(c3nc(-c4ccncc4F)cc(=O)n3C)CCO2)cc1. The van der Waals surface area contributed by atoms with Crippen molar-refractivity contribution in [3.05, 3.63) is 70.5 Å². The molecule has 2 aromatic heterocycles. The van der Waals surface area contributed by atoms with E-state index in [1.165, 1.54) is 22.9 Å². The Hall–Kier alpha value is -3.26. The summed E-state index contributed by atoms with van der Waals surface area (Å²) in [5, 5.41) is 3.38. The number of morpholine rings is 1. The van der Waals surface area contributed by atoms with E-state index >= 15 is 0 Å². The molecule has 0 amide bonds. The number of hydrogen-bond acceptors (Lipinski definition) is 6. The van der Waals surface area contributed by atoms with Crippen LogP contribution in [0.15, 0.2) is 53.6 Å². The van der Waals surface area contributed by atoms with Crippen LogP contribution in [0.5, 0.6) is 0 Å². The maximum Gasteiger partial charge on any atom is 0.255 e. The Morgan fingerprint density at radius 2 is 2.00 bits per heavy atom. The minimum atomic E-state index is -0.510. The van der Waals surface area contributed by atoms with Crippen LogP contribution in [0, 0.1) is 5.82 Å². The average molecular weight is 423 g/mol. The predicted octanol–water partition coefficient (Wildman–Crippen LogP) is 3.38. The second-order valence-corrected chi connectivity index (χ2v) is 7.92. The Labute approximate surface area is 180 Å². The van der Waals surface area contributed by atoms with Gasteiger partial charge in [0.15, 0.2) is 5.82 Å². The molecule has 1 atom stereocenters. The molecule has 1 aliphatic heterocycles. The summed E-state index contributed by atoms with van der Waals surface area (Å²) >= 11 is 0. The highest BCUT2D eigenvalue weighted by Gasteiger charge is 2.25. The third-order valence-electron chi connectivity index (χ3n) is 5.25. The fraction of sp³-hybridized carbons (Fsp3) is 0.348. The van der Waals surface area contributed by atoms with E-state index in [0.29, 0.717) is 37.4 Å². The molecule has 7 nitrogen and oxygen atoms in total. The first-order chi connectivity index (χ1) is 14.9. The smallest absolute Gasteiger partial charge is 0.255 e. The molecule has 4 rings (SSSR count). The van der Waals surface area contributed by atoms with Gasteiger partial charge in [-0.05, 0) is 37.6 Å². The monoisotopic (exact) mass is 423 g/mol. The van der Waals surface area contributed by atoms with Gasteiger partial charge in [0.1, 0.15) is 6.10 Å². The zero-order chi connectivity index (χ0) is 22.0. The summed E-state index contributed by atoms with van der Waals surface area (Å²) < 4.78 is 21.7. The fourth-order valence-corrected chi connectivity index (χ4v) is 3.69. The van der Waals surface area contributed by atoms with Crippen molar-refractivity contribution >= 4 is 11.6 Å². The molecule has 1 aromatic carbocycles. The number of hydrogen-bond donors (Lipinski definition) is 1. The standard InChI is InChI=1S/C23H26FN5O2/c1-15(2)26-17-6-4-16(5-7-17)21-14-29(10-11-31-21)23-27-20(12-22(30)28(23)3)18-8-9-25-13-19(18)24/h4-9,12-13,15,21,26H,10-11,14H2,1-3H3/t21-/m1/s1. The summed E-state index contributed by atoms with van der Waals surface area (Å²) in [6.45, 7) is 5.82. The second kappa shape index (κ2) is 8.85. The van der Waals surface area contributed by atoms with E-state index < -0.39 is 5.82 Å². The highest BCUT2D eigenvalue weighted by molar-refractivity contribution is 5.60. The van der Waals surface area contributed by atoms with Gasteiger partial charge in [-0.2, -0.15) is 0 Å². The number of nitrogens with one attached hydrogen (secondary N) is 1. The van der Waals surface area contributed by atoms with Crippen molar-refractivity contribution in [2.75, 3.05) is 29.9 Å². The van der Waals surface area contributed by atoms with Crippen LogP contribution in [0.4, 0.5) is 16.0 Å². The molecule has 1 fully saturated rings. The lowest BCUT2D eigenvalue weighted by molar-refractivity contribution is 0.0390. The quantitative estimate of drug-likeness (QED) is 0.678. The summed E-state index contributed by atoms with van der Waals surface area (Å²) in [4.78, 5) is 23.0. The van der Waals surface area contributed by atoms with Crippen molar-refractivity contribution < 1.29 is 9.13 Å². The molecule has 0 bridgehead atoms. The molecule has 162 valence electrons. The Bertz CT molecular complexity index is 1110. The number of rotatable bonds is 5. The molecule has 0 saturated carbocycles. The predicted molar refractivity (Wildman–Crippen MR) is 119 cm³/mol. The minimum absolute atomic E-state index is 0.153. The molecule has 0 radical (unpaired) electrons. The zero-order valence-corrected chi connectivity index (χ0v) is 17.9. The lowest BCUT2D eigenvalue weighted by atomic mass is 10.1. The Kier molecular flexibility index (Phi) is 5.99. The highest BCUT2D eigenvalue weighted by Crippen LogP contribution is 2.27. The van der Waals surface area contributed by atoms with Gasteiger partial charge in [0, 0.05) is 43.1 Å². The third-order valence-corrected chi connectivity index (χ3v) is 5.25. The van der Waals surface area contributed by atoms with Gasteiger partial charge in [0.05, 0.1) is 25.0 Å². The van der Waals surface area contributed by atoms with Crippen LogP contribution in [0.3, 0.4) is 0 Å². The molecule has 0 aliphatic carbocycles. The van der Waals surface area contributed by atoms with E-state index in [9.17, 15) is 9.18 Å². The molecule has 31 heavy (non-hydrogen) atoms. The molecule has 0 unspecified atom stereocenters. The van der Waals surface area contributed by atoms with Crippen molar-refractivity contribution in [2.24, 2.45) is 7.05 Å². The number of halogens is 1. The molecule has 3 heterocycles. The summed E-state index contributed by atoms with van der Waals surface area (Å²) in [7, 11) is 1.67. The van der Waals surface area contributed by atoms with Gasteiger partial charge in [-0.1, -0.05) is 12.1 Å². The van der Waals surface area contributed by atoms with Crippen molar-refractivity contribution in [1.29, 1.82) is 0 Å². The number of nitrogens with zero attached hydrogens (tertiary/aromatic N) is 4. The van der Waals surface area contributed by atoms with Crippen LogP contribution in [-0.2, 0) is 11.8 Å². The van der Waals surface area contributed by atoms with Gasteiger partial charge in [-0.15, -0.1) is 0 Å². The minimum Gasteiger partial charge on any atom is -0.383 e.